The first-order valence-corrected chi connectivity index (χ1v) is 9.69. The Labute approximate surface area is 154 Å². The molecular weight excluding hydrogens is 330 g/mol. The van der Waals surface area contributed by atoms with E-state index in [1.807, 2.05) is 0 Å². The molecule has 3 rings (SSSR count). The van der Waals surface area contributed by atoms with Crippen LogP contribution in [0.2, 0.25) is 0 Å². The summed E-state index contributed by atoms with van der Waals surface area (Å²) in [6.45, 7) is 2.29. The van der Waals surface area contributed by atoms with Crippen molar-refractivity contribution in [2.75, 3.05) is 18.4 Å². The van der Waals surface area contributed by atoms with E-state index < -0.39 is 5.91 Å². The molecule has 0 radical (unpaired) electrons. The Morgan fingerprint density at radius 3 is 2.62 bits per heavy atom. The van der Waals surface area contributed by atoms with Gasteiger partial charge in [0.15, 0.2) is 0 Å². The number of nitrogens with one attached hydrogen (secondary N) is 2. The van der Waals surface area contributed by atoms with E-state index in [1.165, 1.54) is 63.6 Å². The Balaban J connectivity index is 1.53. The summed E-state index contributed by atoms with van der Waals surface area (Å²) in [5.41, 5.74) is 2.12. The number of hydrogen-bond acceptors (Lipinski definition) is 6. The number of hydroxylamine groups is 1. The molecule has 2 aliphatic rings. The molecule has 1 saturated carbocycles. The quantitative estimate of drug-likeness (QED) is 0.324. The molecule has 142 valence electrons. The lowest BCUT2D eigenvalue weighted by Gasteiger charge is -2.38. The summed E-state index contributed by atoms with van der Waals surface area (Å²) in [6, 6.07) is 1.15. The zero-order valence-corrected chi connectivity index (χ0v) is 15.2. The summed E-state index contributed by atoms with van der Waals surface area (Å²) in [4.78, 5) is 22.3. The van der Waals surface area contributed by atoms with Crippen LogP contribution in [-0.4, -0.2) is 51.2 Å². The molecule has 0 aromatic carbocycles. The predicted molar refractivity (Wildman–Crippen MR) is 101 cm³/mol. The molecule has 1 aromatic rings. The maximum absolute atomic E-state index is 11.0. The highest BCUT2D eigenvalue weighted by molar-refractivity contribution is 5.90. The first kappa shape index (κ1) is 18.8. The van der Waals surface area contributed by atoms with Crippen molar-refractivity contribution in [2.24, 2.45) is 0 Å². The van der Waals surface area contributed by atoms with Gasteiger partial charge in [0.2, 0.25) is 0 Å². The SMILES string of the molecule is O=C(/C=C/c1cnc(N[C@@H]2CCCN(C3CCCCCC3)C2)cn1)NO. The standard InChI is InChI=1S/C19H29N5O2/c25-19(23-26)10-9-15-12-21-18(13-20-15)22-16-6-5-11-24(14-16)17-7-3-1-2-4-8-17/h9-10,12-13,16-17,26H,1-8,11,14H2,(H,21,22)(H,23,25)/b10-9+/t16-/m1/s1. The Morgan fingerprint density at radius 2 is 1.92 bits per heavy atom. The first-order valence-electron chi connectivity index (χ1n) is 9.69. The number of amides is 1. The largest absolute Gasteiger partial charge is 0.365 e. The Hall–Kier alpha value is -1.99. The van der Waals surface area contributed by atoms with Gasteiger partial charge in [-0.05, 0) is 38.3 Å². The summed E-state index contributed by atoms with van der Waals surface area (Å²) in [7, 11) is 0. The highest BCUT2D eigenvalue weighted by atomic mass is 16.5. The molecule has 1 amide bonds. The van der Waals surface area contributed by atoms with E-state index in [1.54, 1.807) is 17.9 Å². The third kappa shape index (κ3) is 5.51. The summed E-state index contributed by atoms with van der Waals surface area (Å²) in [5.74, 6) is 0.177. The van der Waals surface area contributed by atoms with E-state index in [2.05, 4.69) is 20.2 Å². The van der Waals surface area contributed by atoms with Crippen LogP contribution in [0.25, 0.3) is 6.08 Å². The molecule has 0 spiro atoms. The van der Waals surface area contributed by atoms with E-state index in [9.17, 15) is 4.79 Å². The molecule has 1 aliphatic carbocycles. The van der Waals surface area contributed by atoms with Gasteiger partial charge in [-0.3, -0.25) is 19.9 Å². The smallest absolute Gasteiger partial charge is 0.267 e. The fourth-order valence-electron chi connectivity index (χ4n) is 3.98. The van der Waals surface area contributed by atoms with Crippen molar-refractivity contribution in [3.63, 3.8) is 0 Å². The average molecular weight is 359 g/mol. The Bertz CT molecular complexity index is 596. The van der Waals surface area contributed by atoms with E-state index in [4.69, 9.17) is 5.21 Å². The highest BCUT2D eigenvalue weighted by Gasteiger charge is 2.26. The minimum Gasteiger partial charge on any atom is -0.365 e. The van der Waals surface area contributed by atoms with Gasteiger partial charge in [0.05, 0.1) is 18.1 Å². The minimum absolute atomic E-state index is 0.405. The molecule has 1 saturated heterocycles. The molecule has 2 heterocycles. The number of carbonyl (C=O) groups excluding carboxylic acids is 1. The molecule has 0 unspecified atom stereocenters. The Kier molecular flexibility index (Phi) is 6.96. The lowest BCUT2D eigenvalue weighted by atomic mass is 10.00. The van der Waals surface area contributed by atoms with E-state index >= 15 is 0 Å². The van der Waals surface area contributed by atoms with Gasteiger partial charge in [0, 0.05) is 24.7 Å². The molecular formula is C19H29N5O2. The zero-order chi connectivity index (χ0) is 18.2. The van der Waals surface area contributed by atoms with E-state index in [0.29, 0.717) is 11.7 Å². The van der Waals surface area contributed by atoms with Gasteiger partial charge >= 0.3 is 0 Å². The second-order valence-corrected chi connectivity index (χ2v) is 7.26. The van der Waals surface area contributed by atoms with Gasteiger partial charge in [-0.15, -0.1) is 0 Å². The Morgan fingerprint density at radius 1 is 1.12 bits per heavy atom. The van der Waals surface area contributed by atoms with Crippen LogP contribution in [0.4, 0.5) is 5.82 Å². The van der Waals surface area contributed by atoms with Gasteiger partial charge < -0.3 is 5.32 Å². The van der Waals surface area contributed by atoms with Crippen LogP contribution in [-0.2, 0) is 4.79 Å². The van der Waals surface area contributed by atoms with Crippen molar-refractivity contribution in [3.8, 4) is 0 Å². The topological polar surface area (TPSA) is 90.4 Å². The van der Waals surface area contributed by atoms with Gasteiger partial charge in [-0.2, -0.15) is 0 Å². The molecule has 1 aliphatic heterocycles. The van der Waals surface area contributed by atoms with Crippen LogP contribution >= 0.6 is 0 Å². The molecule has 7 nitrogen and oxygen atoms in total. The fourth-order valence-corrected chi connectivity index (χ4v) is 3.98. The average Bonchev–Trinajstić information content (AvgIpc) is 2.97. The molecule has 2 fully saturated rings. The fraction of sp³-hybridized carbons (Fsp3) is 0.632. The number of hydrogen-bond donors (Lipinski definition) is 3. The maximum Gasteiger partial charge on any atom is 0.267 e. The maximum atomic E-state index is 11.0. The van der Waals surface area contributed by atoms with Crippen molar-refractivity contribution >= 4 is 17.8 Å². The number of aromatic nitrogens is 2. The van der Waals surface area contributed by atoms with Crippen LogP contribution in [0.5, 0.6) is 0 Å². The number of rotatable bonds is 5. The van der Waals surface area contributed by atoms with Crippen molar-refractivity contribution in [2.45, 2.75) is 63.5 Å². The van der Waals surface area contributed by atoms with Gasteiger partial charge in [0.25, 0.3) is 5.91 Å². The van der Waals surface area contributed by atoms with Crippen LogP contribution in [0.1, 0.15) is 57.1 Å². The van der Waals surface area contributed by atoms with Gasteiger partial charge in [-0.1, -0.05) is 25.7 Å². The number of anilines is 1. The first-order chi connectivity index (χ1) is 12.7. The van der Waals surface area contributed by atoms with Crippen LogP contribution in [0.15, 0.2) is 18.5 Å². The summed E-state index contributed by atoms with van der Waals surface area (Å²) >= 11 is 0. The normalized spacial score (nSPS) is 22.9. The molecule has 3 N–H and O–H groups in total. The lowest BCUT2D eigenvalue weighted by molar-refractivity contribution is -0.124. The van der Waals surface area contributed by atoms with Crippen LogP contribution in [0.3, 0.4) is 0 Å². The third-order valence-electron chi connectivity index (χ3n) is 5.33. The van der Waals surface area contributed by atoms with Gasteiger partial charge in [-0.25, -0.2) is 10.5 Å². The number of piperidine rings is 1. The third-order valence-corrected chi connectivity index (χ3v) is 5.33. The summed E-state index contributed by atoms with van der Waals surface area (Å²) in [5, 5.41) is 12.0. The molecule has 0 bridgehead atoms. The predicted octanol–water partition coefficient (Wildman–Crippen LogP) is 2.59. The van der Waals surface area contributed by atoms with E-state index in [-0.39, 0.29) is 0 Å². The van der Waals surface area contributed by atoms with Crippen LogP contribution in [0, 0.1) is 0 Å². The number of likely N-dealkylation sites (tertiary alicyclic amines) is 1. The highest BCUT2D eigenvalue weighted by Crippen LogP contribution is 2.25. The molecule has 26 heavy (non-hydrogen) atoms. The molecule has 1 aromatic heterocycles. The summed E-state index contributed by atoms with van der Waals surface area (Å²) < 4.78 is 0. The summed E-state index contributed by atoms with van der Waals surface area (Å²) in [6.07, 6.45) is 16.6. The van der Waals surface area contributed by atoms with Crippen molar-refractivity contribution in [1.82, 2.24) is 20.3 Å². The second kappa shape index (κ2) is 9.64. The van der Waals surface area contributed by atoms with Gasteiger partial charge in [0.1, 0.15) is 5.82 Å². The molecule has 1 atom stereocenters. The van der Waals surface area contributed by atoms with Crippen molar-refractivity contribution in [3.05, 3.63) is 24.2 Å². The van der Waals surface area contributed by atoms with Crippen LogP contribution < -0.4 is 10.8 Å². The monoisotopic (exact) mass is 359 g/mol. The zero-order valence-electron chi connectivity index (χ0n) is 15.2. The number of nitrogens with zero attached hydrogens (tertiary/aromatic N) is 3. The van der Waals surface area contributed by atoms with Crippen molar-refractivity contribution in [1.29, 1.82) is 0 Å². The minimum atomic E-state index is -0.588. The second-order valence-electron chi connectivity index (χ2n) is 7.26. The molecule has 7 heteroatoms. The number of carbonyl (C=O) groups is 1. The van der Waals surface area contributed by atoms with E-state index in [0.717, 1.165) is 24.8 Å². The van der Waals surface area contributed by atoms with Crippen molar-refractivity contribution < 1.29 is 10.0 Å². The lowest BCUT2D eigenvalue weighted by Crippen LogP contribution is -2.47.